The van der Waals surface area contributed by atoms with Crippen molar-refractivity contribution in [2.45, 2.75) is 19.0 Å². The van der Waals surface area contributed by atoms with E-state index in [2.05, 4.69) is 5.32 Å². The standard InChI is InChI=1S/C20H20N2O5/c1-26-18(23)15-9-5-6-10-16(15)21-20(25)22-12-14-8-4-3-7-13(14)11-17(22)19(24)27-2/h3-10,17H,11-12H2,1-2H3,(H,21,25)/t17-/m0/s1. The lowest BCUT2D eigenvalue weighted by molar-refractivity contribution is -0.146. The Balaban J connectivity index is 1.89. The van der Waals surface area contributed by atoms with Crippen LogP contribution in [0.1, 0.15) is 21.5 Å². The summed E-state index contributed by atoms with van der Waals surface area (Å²) < 4.78 is 9.63. The molecule has 1 N–H and O–H groups in total. The molecule has 0 spiro atoms. The topological polar surface area (TPSA) is 84.9 Å². The normalized spacial score (nSPS) is 15.5. The first-order valence-electron chi connectivity index (χ1n) is 8.44. The van der Waals surface area contributed by atoms with Gasteiger partial charge in [0, 0.05) is 13.0 Å². The SMILES string of the molecule is COC(=O)c1ccccc1NC(=O)N1Cc2ccccc2C[C@H]1C(=O)OC. The van der Waals surface area contributed by atoms with Gasteiger partial charge in [0.1, 0.15) is 6.04 Å². The third-order valence-corrected chi connectivity index (χ3v) is 4.56. The smallest absolute Gasteiger partial charge is 0.339 e. The van der Waals surface area contributed by atoms with Crippen LogP contribution in [0.4, 0.5) is 10.5 Å². The highest BCUT2D eigenvalue weighted by Crippen LogP contribution is 2.25. The number of methoxy groups -OCH3 is 2. The van der Waals surface area contributed by atoms with Gasteiger partial charge in [0.2, 0.25) is 0 Å². The molecule has 2 aromatic carbocycles. The lowest BCUT2D eigenvalue weighted by Crippen LogP contribution is -2.50. The van der Waals surface area contributed by atoms with E-state index in [1.165, 1.54) is 19.1 Å². The Morgan fingerprint density at radius 3 is 2.33 bits per heavy atom. The molecular weight excluding hydrogens is 348 g/mol. The number of ether oxygens (including phenoxy) is 2. The van der Waals surface area contributed by atoms with Crippen LogP contribution >= 0.6 is 0 Å². The average molecular weight is 368 g/mol. The maximum atomic E-state index is 12.9. The number of fused-ring (bicyclic) bond motifs is 1. The number of urea groups is 1. The molecule has 7 heteroatoms. The number of rotatable bonds is 3. The molecule has 27 heavy (non-hydrogen) atoms. The molecular formula is C20H20N2O5. The molecule has 2 aromatic rings. The monoisotopic (exact) mass is 368 g/mol. The molecule has 140 valence electrons. The molecule has 0 unspecified atom stereocenters. The van der Waals surface area contributed by atoms with E-state index in [0.29, 0.717) is 12.1 Å². The molecule has 1 aliphatic heterocycles. The maximum Gasteiger partial charge on any atom is 0.339 e. The lowest BCUT2D eigenvalue weighted by atomic mass is 9.94. The highest BCUT2D eigenvalue weighted by Gasteiger charge is 2.35. The number of esters is 2. The molecule has 0 bridgehead atoms. The summed E-state index contributed by atoms with van der Waals surface area (Å²) in [6.07, 6.45) is 0.370. The Labute approximate surface area is 156 Å². The minimum absolute atomic E-state index is 0.236. The second kappa shape index (κ2) is 7.90. The van der Waals surface area contributed by atoms with E-state index in [1.807, 2.05) is 24.3 Å². The van der Waals surface area contributed by atoms with Crippen molar-refractivity contribution < 1.29 is 23.9 Å². The molecule has 0 saturated carbocycles. The Morgan fingerprint density at radius 2 is 1.63 bits per heavy atom. The highest BCUT2D eigenvalue weighted by atomic mass is 16.5. The first kappa shape index (κ1) is 18.4. The quantitative estimate of drug-likeness (QED) is 0.842. The van der Waals surface area contributed by atoms with E-state index >= 15 is 0 Å². The predicted molar refractivity (Wildman–Crippen MR) is 98.3 cm³/mol. The fourth-order valence-corrected chi connectivity index (χ4v) is 3.15. The lowest BCUT2D eigenvalue weighted by Gasteiger charge is -2.35. The number of carbonyl (C=O) groups excluding carboxylic acids is 3. The van der Waals surface area contributed by atoms with Crippen molar-refractivity contribution in [2.75, 3.05) is 19.5 Å². The van der Waals surface area contributed by atoms with E-state index in [0.717, 1.165) is 11.1 Å². The summed E-state index contributed by atoms with van der Waals surface area (Å²) in [7, 11) is 2.57. The second-order valence-corrected chi connectivity index (χ2v) is 6.11. The molecule has 1 atom stereocenters. The zero-order valence-electron chi connectivity index (χ0n) is 15.1. The third-order valence-electron chi connectivity index (χ3n) is 4.56. The summed E-state index contributed by atoms with van der Waals surface area (Å²) in [5.41, 5.74) is 2.53. The van der Waals surface area contributed by atoms with Crippen LogP contribution in [0.2, 0.25) is 0 Å². The Kier molecular flexibility index (Phi) is 5.40. The van der Waals surface area contributed by atoms with Crippen LogP contribution in [0.3, 0.4) is 0 Å². The summed E-state index contributed by atoms with van der Waals surface area (Å²) in [5, 5.41) is 2.71. The number of hydrogen-bond acceptors (Lipinski definition) is 5. The number of para-hydroxylation sites is 1. The minimum Gasteiger partial charge on any atom is -0.467 e. The number of benzene rings is 2. The zero-order chi connectivity index (χ0) is 19.4. The van der Waals surface area contributed by atoms with Crippen molar-refractivity contribution in [3.05, 3.63) is 65.2 Å². The minimum atomic E-state index is -0.741. The number of amides is 2. The summed E-state index contributed by atoms with van der Waals surface area (Å²) in [6.45, 7) is 0.266. The maximum absolute atomic E-state index is 12.9. The van der Waals surface area contributed by atoms with Crippen LogP contribution in [0.15, 0.2) is 48.5 Å². The number of anilines is 1. The molecule has 1 heterocycles. The molecule has 1 aliphatic rings. The second-order valence-electron chi connectivity index (χ2n) is 6.11. The van der Waals surface area contributed by atoms with E-state index in [-0.39, 0.29) is 12.1 Å². The first-order chi connectivity index (χ1) is 13.0. The molecule has 0 saturated heterocycles. The summed E-state index contributed by atoms with van der Waals surface area (Å²) in [4.78, 5) is 38.5. The van der Waals surface area contributed by atoms with E-state index < -0.39 is 24.0 Å². The molecule has 3 rings (SSSR count). The van der Waals surface area contributed by atoms with Gasteiger partial charge in [0.25, 0.3) is 0 Å². The predicted octanol–water partition coefficient (Wildman–Crippen LogP) is 2.61. The third kappa shape index (κ3) is 3.76. The van der Waals surface area contributed by atoms with Crippen molar-refractivity contribution in [1.29, 1.82) is 0 Å². The molecule has 0 aromatic heterocycles. The molecule has 2 amide bonds. The van der Waals surface area contributed by atoms with Gasteiger partial charge < -0.3 is 19.7 Å². The van der Waals surface area contributed by atoms with Gasteiger partial charge in [0.05, 0.1) is 25.5 Å². The van der Waals surface area contributed by atoms with Crippen molar-refractivity contribution in [1.82, 2.24) is 4.90 Å². The molecule has 0 aliphatic carbocycles. The first-order valence-corrected chi connectivity index (χ1v) is 8.44. The van der Waals surface area contributed by atoms with Crippen LogP contribution in [-0.2, 0) is 27.2 Å². The average Bonchev–Trinajstić information content (AvgIpc) is 2.71. The highest BCUT2D eigenvalue weighted by molar-refractivity contribution is 6.01. The van der Waals surface area contributed by atoms with E-state index in [9.17, 15) is 14.4 Å². The number of nitrogens with zero attached hydrogens (tertiary/aromatic N) is 1. The fourth-order valence-electron chi connectivity index (χ4n) is 3.15. The zero-order valence-corrected chi connectivity index (χ0v) is 15.1. The van der Waals surface area contributed by atoms with Crippen LogP contribution < -0.4 is 5.32 Å². The van der Waals surface area contributed by atoms with Crippen molar-refractivity contribution in [3.8, 4) is 0 Å². The van der Waals surface area contributed by atoms with Gasteiger partial charge in [-0.2, -0.15) is 0 Å². The molecule has 7 nitrogen and oxygen atoms in total. The molecule has 0 fully saturated rings. The Morgan fingerprint density at radius 1 is 0.963 bits per heavy atom. The summed E-state index contributed by atoms with van der Waals surface area (Å²) in [5.74, 6) is -1.04. The van der Waals surface area contributed by atoms with Gasteiger partial charge in [-0.3, -0.25) is 0 Å². The Hall–Kier alpha value is -3.35. The van der Waals surface area contributed by atoms with Crippen LogP contribution in [0.5, 0.6) is 0 Å². The van der Waals surface area contributed by atoms with Gasteiger partial charge >= 0.3 is 18.0 Å². The summed E-state index contributed by atoms with van der Waals surface area (Å²) in [6, 6.07) is 13.0. The molecule has 0 radical (unpaired) electrons. The van der Waals surface area contributed by atoms with Crippen LogP contribution in [-0.4, -0.2) is 43.1 Å². The van der Waals surface area contributed by atoms with Gasteiger partial charge in [-0.25, -0.2) is 14.4 Å². The van der Waals surface area contributed by atoms with Gasteiger partial charge in [-0.15, -0.1) is 0 Å². The van der Waals surface area contributed by atoms with Crippen molar-refractivity contribution >= 4 is 23.7 Å². The number of hydrogen-bond donors (Lipinski definition) is 1. The van der Waals surface area contributed by atoms with E-state index in [1.54, 1.807) is 24.3 Å². The van der Waals surface area contributed by atoms with E-state index in [4.69, 9.17) is 9.47 Å². The number of carbonyl (C=O) groups is 3. The van der Waals surface area contributed by atoms with Gasteiger partial charge in [-0.05, 0) is 23.3 Å². The van der Waals surface area contributed by atoms with Gasteiger partial charge in [0.15, 0.2) is 0 Å². The van der Waals surface area contributed by atoms with Gasteiger partial charge in [-0.1, -0.05) is 36.4 Å². The largest absolute Gasteiger partial charge is 0.467 e. The van der Waals surface area contributed by atoms with Crippen molar-refractivity contribution in [2.24, 2.45) is 0 Å². The van der Waals surface area contributed by atoms with Crippen LogP contribution in [0, 0.1) is 0 Å². The number of nitrogens with one attached hydrogen (secondary N) is 1. The van der Waals surface area contributed by atoms with Crippen LogP contribution in [0.25, 0.3) is 0 Å². The van der Waals surface area contributed by atoms with Crippen molar-refractivity contribution in [3.63, 3.8) is 0 Å². The fraction of sp³-hybridized carbons (Fsp3) is 0.250. The Bertz CT molecular complexity index is 880. The summed E-state index contributed by atoms with van der Waals surface area (Å²) >= 11 is 0.